The first-order valence-electron chi connectivity index (χ1n) is 12.9. The number of amides is 1. The van der Waals surface area contributed by atoms with Crippen molar-refractivity contribution in [2.75, 3.05) is 18.1 Å². The van der Waals surface area contributed by atoms with Gasteiger partial charge in [-0.1, -0.05) is 48.2 Å². The van der Waals surface area contributed by atoms with E-state index in [9.17, 15) is 9.18 Å². The minimum atomic E-state index is -0.259. The Morgan fingerprint density at radius 1 is 1.09 bits per heavy atom. The fraction of sp³-hybridized carbons (Fsp3) is 0.536. The van der Waals surface area contributed by atoms with Gasteiger partial charge in [-0.25, -0.2) is 9.40 Å². The van der Waals surface area contributed by atoms with Gasteiger partial charge in [0.2, 0.25) is 5.91 Å². The number of nitrogens with zero attached hydrogens (tertiary/aromatic N) is 2. The first kappa shape index (κ1) is 23.6. The van der Waals surface area contributed by atoms with E-state index in [1.54, 1.807) is 18.2 Å². The monoisotopic (exact) mass is 515 g/mol. The van der Waals surface area contributed by atoms with Crippen LogP contribution in [0.3, 0.4) is 0 Å². The third-order valence-corrected chi connectivity index (χ3v) is 9.41. The van der Waals surface area contributed by atoms with Gasteiger partial charge in [-0.05, 0) is 85.8 Å². The molecule has 5 atom stereocenters. The third kappa shape index (κ3) is 4.68. The fourth-order valence-corrected chi connectivity index (χ4v) is 8.02. The summed E-state index contributed by atoms with van der Waals surface area (Å²) in [5.41, 5.74) is 1.64. The van der Waals surface area contributed by atoms with E-state index in [0.717, 1.165) is 48.3 Å². The smallest absolute Gasteiger partial charge is 0.226 e. The van der Waals surface area contributed by atoms with E-state index in [2.05, 4.69) is 15.3 Å². The Bertz CT molecular complexity index is 1130. The van der Waals surface area contributed by atoms with Crippen molar-refractivity contribution in [3.63, 3.8) is 0 Å². The van der Waals surface area contributed by atoms with E-state index < -0.39 is 0 Å². The van der Waals surface area contributed by atoms with E-state index >= 15 is 0 Å². The molecule has 2 aromatic rings. The zero-order valence-corrected chi connectivity index (χ0v) is 21.4. The molecule has 4 nitrogen and oxygen atoms in total. The molecule has 7 heteroatoms. The number of carbonyl (C=O) groups is 1. The van der Waals surface area contributed by atoms with Crippen LogP contribution < -0.4 is 10.3 Å². The molecule has 4 aliphatic rings. The van der Waals surface area contributed by atoms with Crippen LogP contribution in [0.2, 0.25) is 10.0 Å². The molecule has 1 N–H and O–H groups in total. The summed E-state index contributed by atoms with van der Waals surface area (Å²) in [6, 6.07) is 12.1. The maximum atomic E-state index is 13.9. The lowest BCUT2D eigenvalue weighted by Gasteiger charge is -2.41. The highest BCUT2D eigenvalue weighted by atomic mass is 35.5. The highest BCUT2D eigenvalue weighted by molar-refractivity contribution is 6.36. The summed E-state index contributed by atoms with van der Waals surface area (Å²) in [4.78, 5) is 13.7. The number of carbonyl (C=O) groups excluding carboxylic acids is 1. The van der Waals surface area contributed by atoms with E-state index in [4.69, 9.17) is 23.2 Å². The van der Waals surface area contributed by atoms with Gasteiger partial charge in [-0.3, -0.25) is 4.79 Å². The van der Waals surface area contributed by atoms with Crippen LogP contribution in [0.25, 0.3) is 0 Å². The van der Waals surface area contributed by atoms with Crippen LogP contribution >= 0.6 is 23.2 Å². The second-order valence-corrected chi connectivity index (χ2v) is 12.1. The molecule has 4 unspecified atom stereocenters. The molecule has 3 aliphatic carbocycles. The number of anilines is 1. The average Bonchev–Trinajstić information content (AvgIpc) is 3.30. The molecule has 0 spiro atoms. The predicted octanol–water partition coefficient (Wildman–Crippen LogP) is 6.46. The van der Waals surface area contributed by atoms with Gasteiger partial charge in [-0.15, -0.1) is 0 Å². The second kappa shape index (κ2) is 9.24. The number of benzene rings is 2. The Morgan fingerprint density at radius 2 is 1.94 bits per heavy atom. The van der Waals surface area contributed by atoms with Crippen molar-refractivity contribution in [2.24, 2.45) is 23.7 Å². The van der Waals surface area contributed by atoms with Crippen LogP contribution in [0.15, 0.2) is 42.5 Å². The molecule has 1 amide bonds. The molecule has 1 aliphatic heterocycles. The number of rotatable bonds is 5. The topological polar surface area (TPSA) is 35.6 Å². The standard InChI is InChI=1S/C28H32Cl2FN3O/c29-23-6-7-26(25(30)12-23)34-17-22(16-33(34)15-18-3-1-5-24(31)11-18)27(35)32-28-8-2-4-20-9-19(13-28)10-21(20)14-28/h1,3,5-7,11-12,19-22H,2,4,8-10,13-17H2,(H,32,35)/t19?,20?,21-,22?,28?/m0/s1. The van der Waals surface area contributed by atoms with E-state index in [1.165, 1.54) is 31.7 Å². The second-order valence-electron chi connectivity index (χ2n) is 11.3. The summed E-state index contributed by atoms with van der Waals surface area (Å²) in [6.07, 6.45) is 8.65. The minimum Gasteiger partial charge on any atom is -0.350 e. The van der Waals surface area contributed by atoms with Gasteiger partial charge in [0.25, 0.3) is 0 Å². The summed E-state index contributed by atoms with van der Waals surface area (Å²) >= 11 is 12.7. The fourth-order valence-electron chi connectivity index (χ4n) is 7.52. The maximum absolute atomic E-state index is 13.9. The summed E-state index contributed by atoms with van der Waals surface area (Å²) in [5.74, 6) is 2.12. The molecule has 3 saturated carbocycles. The first-order chi connectivity index (χ1) is 16.9. The highest BCUT2D eigenvalue weighted by Gasteiger charge is 2.51. The van der Waals surface area contributed by atoms with Gasteiger partial charge in [0.05, 0.1) is 16.6 Å². The van der Waals surface area contributed by atoms with Gasteiger partial charge < -0.3 is 10.3 Å². The van der Waals surface area contributed by atoms with Crippen molar-refractivity contribution in [1.82, 2.24) is 10.3 Å². The van der Waals surface area contributed by atoms with Gasteiger partial charge in [-0.2, -0.15) is 0 Å². The zero-order valence-electron chi connectivity index (χ0n) is 19.9. The van der Waals surface area contributed by atoms with Gasteiger partial charge in [0.15, 0.2) is 0 Å². The van der Waals surface area contributed by atoms with Gasteiger partial charge >= 0.3 is 0 Å². The van der Waals surface area contributed by atoms with Crippen LogP contribution in [0.1, 0.15) is 50.5 Å². The third-order valence-electron chi connectivity index (χ3n) is 8.87. The quantitative estimate of drug-likeness (QED) is 0.496. The number of fused-ring (bicyclic) bond motifs is 2. The van der Waals surface area contributed by atoms with E-state index in [-0.39, 0.29) is 23.2 Å². The number of hydrogen-bond acceptors (Lipinski definition) is 3. The lowest BCUT2D eigenvalue weighted by atomic mass is 9.73. The van der Waals surface area contributed by atoms with Gasteiger partial charge in [0.1, 0.15) is 5.82 Å². The van der Waals surface area contributed by atoms with E-state index in [1.807, 2.05) is 18.2 Å². The SMILES string of the molecule is O=C(NC12CCCC3CC(C[C@H]3C1)C2)C1CN(Cc2cccc(F)c2)N(c2ccc(Cl)cc2Cl)C1. The van der Waals surface area contributed by atoms with Crippen molar-refractivity contribution < 1.29 is 9.18 Å². The Morgan fingerprint density at radius 3 is 2.77 bits per heavy atom. The molecule has 1 heterocycles. The Hall–Kier alpha value is -1.82. The van der Waals surface area contributed by atoms with Crippen LogP contribution in [0, 0.1) is 29.5 Å². The minimum absolute atomic E-state index is 0.0331. The van der Waals surface area contributed by atoms with Crippen LogP contribution in [-0.4, -0.2) is 29.5 Å². The van der Waals surface area contributed by atoms with Crippen molar-refractivity contribution in [3.05, 3.63) is 63.9 Å². The molecular weight excluding hydrogens is 484 g/mol. The molecule has 4 fully saturated rings. The first-order valence-corrected chi connectivity index (χ1v) is 13.7. The summed E-state index contributed by atoms with van der Waals surface area (Å²) < 4.78 is 13.9. The largest absolute Gasteiger partial charge is 0.350 e. The Balaban J connectivity index is 1.23. The molecule has 1 saturated heterocycles. The lowest BCUT2D eigenvalue weighted by molar-refractivity contribution is -0.127. The zero-order chi connectivity index (χ0) is 24.2. The molecule has 0 radical (unpaired) electrons. The predicted molar refractivity (Wildman–Crippen MR) is 138 cm³/mol. The maximum Gasteiger partial charge on any atom is 0.226 e. The highest BCUT2D eigenvalue weighted by Crippen LogP contribution is 2.55. The number of halogens is 3. The average molecular weight is 516 g/mol. The van der Waals surface area contributed by atoms with Crippen LogP contribution in [-0.2, 0) is 11.3 Å². The molecule has 2 aromatic carbocycles. The van der Waals surface area contributed by atoms with Gasteiger partial charge in [0, 0.05) is 30.2 Å². The van der Waals surface area contributed by atoms with Crippen molar-refractivity contribution in [3.8, 4) is 0 Å². The summed E-state index contributed by atoms with van der Waals surface area (Å²) in [6.45, 7) is 1.60. The molecule has 0 aromatic heterocycles. The van der Waals surface area contributed by atoms with Crippen molar-refractivity contribution in [2.45, 2.75) is 57.0 Å². The Labute approximate surface area is 216 Å². The Kier molecular flexibility index (Phi) is 6.22. The van der Waals surface area contributed by atoms with E-state index in [0.29, 0.717) is 29.7 Å². The summed E-state index contributed by atoms with van der Waals surface area (Å²) in [5, 5.41) is 8.88. The normalized spacial score (nSPS) is 32.1. The number of hydrazine groups is 1. The molecule has 3 bridgehead atoms. The lowest BCUT2D eigenvalue weighted by Crippen LogP contribution is -2.53. The molecular formula is C28H32Cl2FN3O. The summed E-state index contributed by atoms with van der Waals surface area (Å²) in [7, 11) is 0. The van der Waals surface area contributed by atoms with Crippen molar-refractivity contribution >= 4 is 34.8 Å². The molecule has 6 rings (SSSR count). The van der Waals surface area contributed by atoms with Crippen molar-refractivity contribution in [1.29, 1.82) is 0 Å². The van der Waals surface area contributed by atoms with Crippen LogP contribution in [0.5, 0.6) is 0 Å². The molecule has 186 valence electrons. The number of hydrogen-bond donors (Lipinski definition) is 1. The number of nitrogens with one attached hydrogen (secondary N) is 1. The molecule has 35 heavy (non-hydrogen) atoms. The van der Waals surface area contributed by atoms with Crippen LogP contribution in [0.4, 0.5) is 10.1 Å².